The lowest BCUT2D eigenvalue weighted by atomic mass is 10.0. The van der Waals surface area contributed by atoms with Crippen LogP contribution >= 0.6 is 11.6 Å². The third kappa shape index (κ3) is 3.37. The van der Waals surface area contributed by atoms with Crippen LogP contribution in [0.4, 0.5) is 0 Å². The third-order valence-electron chi connectivity index (χ3n) is 2.31. The number of hydrogen-bond acceptors (Lipinski definition) is 3. The number of halogens is 1. The van der Waals surface area contributed by atoms with Gasteiger partial charge in [0.2, 0.25) is 0 Å². The number of hydrogen-bond donors (Lipinski definition) is 2. The predicted octanol–water partition coefficient (Wildman–Crippen LogP) is 2.11. The van der Waals surface area contributed by atoms with Crippen molar-refractivity contribution in [3.63, 3.8) is 0 Å². The van der Waals surface area contributed by atoms with Crippen molar-refractivity contribution in [3.05, 3.63) is 29.8 Å². The summed E-state index contributed by atoms with van der Waals surface area (Å²) in [5.74, 6) is 0.917. The zero-order valence-electron chi connectivity index (χ0n) is 9.27. The van der Waals surface area contributed by atoms with E-state index in [1.165, 1.54) is 0 Å². The van der Waals surface area contributed by atoms with Crippen molar-refractivity contribution in [2.45, 2.75) is 25.6 Å². The molecule has 0 aliphatic heterocycles. The molecule has 0 saturated carbocycles. The number of benzene rings is 1. The van der Waals surface area contributed by atoms with Crippen LogP contribution in [0.15, 0.2) is 24.3 Å². The van der Waals surface area contributed by atoms with Crippen LogP contribution in [0.1, 0.15) is 25.0 Å². The average Bonchev–Trinajstić information content (AvgIpc) is 2.29. The molecule has 4 heteroatoms. The first kappa shape index (κ1) is 13.3. The smallest absolute Gasteiger partial charge is 0.125 e. The van der Waals surface area contributed by atoms with E-state index < -0.39 is 12.2 Å². The number of aliphatic hydroxyl groups is 2. The average molecular weight is 245 g/mol. The fraction of sp³-hybridized carbons (Fsp3) is 0.500. The standard InChI is InChI=1S/C12H17ClO3/c1-2-16-11-6-4-3-5-9(11)12(15)10(14)7-8-13/h3-6,10,12,14-15H,2,7-8H2,1H3. The summed E-state index contributed by atoms with van der Waals surface area (Å²) in [6, 6.07) is 7.15. The zero-order valence-corrected chi connectivity index (χ0v) is 10.0. The van der Waals surface area contributed by atoms with E-state index in [4.69, 9.17) is 16.3 Å². The molecule has 0 aliphatic rings. The van der Waals surface area contributed by atoms with E-state index in [2.05, 4.69) is 0 Å². The van der Waals surface area contributed by atoms with Crippen molar-refractivity contribution in [1.29, 1.82) is 0 Å². The van der Waals surface area contributed by atoms with Gasteiger partial charge in [0.25, 0.3) is 0 Å². The topological polar surface area (TPSA) is 49.7 Å². The first-order chi connectivity index (χ1) is 7.70. The molecule has 0 radical (unpaired) electrons. The maximum atomic E-state index is 9.94. The van der Waals surface area contributed by atoms with Crippen molar-refractivity contribution >= 4 is 11.6 Å². The van der Waals surface area contributed by atoms with Gasteiger partial charge in [-0.3, -0.25) is 0 Å². The van der Waals surface area contributed by atoms with Gasteiger partial charge in [0.1, 0.15) is 11.9 Å². The summed E-state index contributed by atoms with van der Waals surface area (Å²) in [6.07, 6.45) is -1.47. The Morgan fingerprint density at radius 2 is 2.00 bits per heavy atom. The predicted molar refractivity (Wildman–Crippen MR) is 63.9 cm³/mol. The summed E-state index contributed by atoms with van der Waals surface area (Å²) in [4.78, 5) is 0. The van der Waals surface area contributed by atoms with Gasteiger partial charge in [-0.05, 0) is 19.4 Å². The minimum absolute atomic E-state index is 0.315. The highest BCUT2D eigenvalue weighted by Crippen LogP contribution is 2.28. The van der Waals surface area contributed by atoms with Crippen LogP contribution in [-0.2, 0) is 0 Å². The Morgan fingerprint density at radius 1 is 1.31 bits per heavy atom. The number of aliphatic hydroxyl groups excluding tert-OH is 2. The van der Waals surface area contributed by atoms with Gasteiger partial charge in [-0.15, -0.1) is 11.6 Å². The molecule has 2 unspecified atom stereocenters. The van der Waals surface area contributed by atoms with Gasteiger partial charge in [-0.1, -0.05) is 18.2 Å². The number of alkyl halides is 1. The Labute approximate surface area is 101 Å². The summed E-state index contributed by atoms with van der Waals surface area (Å²) < 4.78 is 5.38. The third-order valence-corrected chi connectivity index (χ3v) is 2.53. The Bertz CT molecular complexity index is 317. The Balaban J connectivity index is 2.84. The number of rotatable bonds is 6. The fourth-order valence-corrected chi connectivity index (χ4v) is 1.71. The highest BCUT2D eigenvalue weighted by molar-refractivity contribution is 6.17. The van der Waals surface area contributed by atoms with E-state index in [1.807, 2.05) is 13.0 Å². The second-order valence-electron chi connectivity index (χ2n) is 3.46. The molecule has 0 spiro atoms. The molecule has 1 aromatic rings. The van der Waals surface area contributed by atoms with E-state index >= 15 is 0 Å². The van der Waals surface area contributed by atoms with Crippen molar-refractivity contribution in [2.75, 3.05) is 12.5 Å². The second-order valence-corrected chi connectivity index (χ2v) is 3.84. The van der Waals surface area contributed by atoms with E-state index in [1.54, 1.807) is 18.2 Å². The number of ether oxygens (including phenoxy) is 1. The van der Waals surface area contributed by atoms with E-state index in [-0.39, 0.29) is 0 Å². The molecule has 3 nitrogen and oxygen atoms in total. The van der Waals surface area contributed by atoms with Gasteiger partial charge >= 0.3 is 0 Å². The summed E-state index contributed by atoms with van der Waals surface area (Å²) in [7, 11) is 0. The van der Waals surface area contributed by atoms with Crippen LogP contribution in [0, 0.1) is 0 Å². The molecule has 2 atom stereocenters. The number of para-hydroxylation sites is 1. The monoisotopic (exact) mass is 244 g/mol. The first-order valence-corrected chi connectivity index (χ1v) is 5.88. The maximum absolute atomic E-state index is 9.94. The van der Waals surface area contributed by atoms with Crippen LogP contribution in [-0.4, -0.2) is 28.8 Å². The lowest BCUT2D eigenvalue weighted by Crippen LogP contribution is -2.19. The molecule has 1 aromatic carbocycles. The Kier molecular flexibility index (Phi) is 5.60. The molecule has 0 bridgehead atoms. The van der Waals surface area contributed by atoms with Gasteiger partial charge in [0, 0.05) is 11.4 Å². The Morgan fingerprint density at radius 3 is 2.62 bits per heavy atom. The first-order valence-electron chi connectivity index (χ1n) is 5.34. The largest absolute Gasteiger partial charge is 0.493 e. The minimum atomic E-state index is -0.957. The quantitative estimate of drug-likeness (QED) is 0.754. The summed E-state index contributed by atoms with van der Waals surface area (Å²) in [5.41, 5.74) is 0.599. The summed E-state index contributed by atoms with van der Waals surface area (Å²) in [6.45, 7) is 2.40. The molecule has 90 valence electrons. The second kappa shape index (κ2) is 6.74. The summed E-state index contributed by atoms with van der Waals surface area (Å²) in [5, 5.41) is 19.6. The zero-order chi connectivity index (χ0) is 12.0. The highest BCUT2D eigenvalue weighted by atomic mass is 35.5. The molecule has 0 saturated heterocycles. The molecule has 16 heavy (non-hydrogen) atoms. The van der Waals surface area contributed by atoms with E-state index in [9.17, 15) is 10.2 Å². The Hall–Kier alpha value is -0.770. The lowest BCUT2D eigenvalue weighted by Gasteiger charge is -2.19. The van der Waals surface area contributed by atoms with Crippen molar-refractivity contribution in [1.82, 2.24) is 0 Å². The summed E-state index contributed by atoms with van der Waals surface area (Å²) >= 11 is 5.53. The fourth-order valence-electron chi connectivity index (χ4n) is 1.49. The van der Waals surface area contributed by atoms with Crippen LogP contribution < -0.4 is 4.74 Å². The van der Waals surface area contributed by atoms with Gasteiger partial charge in [0.05, 0.1) is 12.7 Å². The van der Waals surface area contributed by atoms with Crippen LogP contribution in [0.5, 0.6) is 5.75 Å². The maximum Gasteiger partial charge on any atom is 0.125 e. The van der Waals surface area contributed by atoms with Crippen LogP contribution in [0.3, 0.4) is 0 Å². The molecule has 0 aliphatic carbocycles. The molecule has 0 aromatic heterocycles. The molecule has 0 fully saturated rings. The molecule has 2 N–H and O–H groups in total. The molecular formula is C12H17ClO3. The van der Waals surface area contributed by atoms with Gasteiger partial charge in [-0.25, -0.2) is 0 Å². The van der Waals surface area contributed by atoms with E-state index in [0.29, 0.717) is 30.2 Å². The molecule has 0 heterocycles. The molecule has 0 amide bonds. The molecule has 1 rings (SSSR count). The van der Waals surface area contributed by atoms with Crippen LogP contribution in [0.25, 0.3) is 0 Å². The lowest BCUT2D eigenvalue weighted by molar-refractivity contribution is 0.0154. The van der Waals surface area contributed by atoms with Gasteiger partial charge < -0.3 is 14.9 Å². The van der Waals surface area contributed by atoms with Crippen LogP contribution in [0.2, 0.25) is 0 Å². The van der Waals surface area contributed by atoms with Crippen molar-refractivity contribution in [3.8, 4) is 5.75 Å². The van der Waals surface area contributed by atoms with Crippen molar-refractivity contribution in [2.24, 2.45) is 0 Å². The molecular weight excluding hydrogens is 228 g/mol. The SMILES string of the molecule is CCOc1ccccc1C(O)C(O)CCCl. The van der Waals surface area contributed by atoms with Gasteiger partial charge in [0.15, 0.2) is 0 Å². The van der Waals surface area contributed by atoms with Gasteiger partial charge in [-0.2, -0.15) is 0 Å². The normalized spacial score (nSPS) is 14.5. The van der Waals surface area contributed by atoms with E-state index in [0.717, 1.165) is 0 Å². The minimum Gasteiger partial charge on any atom is -0.493 e. The van der Waals surface area contributed by atoms with Crippen molar-refractivity contribution < 1.29 is 14.9 Å². The highest BCUT2D eigenvalue weighted by Gasteiger charge is 2.20.